The summed E-state index contributed by atoms with van der Waals surface area (Å²) >= 11 is 0. The van der Waals surface area contributed by atoms with Crippen LogP contribution in [0.15, 0.2) is 197 Å². The lowest BCUT2D eigenvalue weighted by Crippen LogP contribution is -2.00. The molecule has 3 aromatic heterocycles. The minimum Gasteiger partial charge on any atom is -0.456 e. The monoisotopic (exact) mass is 741 g/mol. The number of furan rings is 2. The second kappa shape index (κ2) is 12.8. The molecule has 5 nitrogen and oxygen atoms in total. The topological polar surface area (TPSA) is 65.0 Å². The number of para-hydroxylation sites is 2. The standard InChI is InChI=1S/C53H31N3O2/c1-3-12-36-30-38(28-24-32(36)10-1)34-22-26-35(27-23-34)51-54-52(39-29-25-33-11-2-4-13-37(33)31-39)56-53(55-51)44-18-9-21-47-49(44)43-17-7-16-41(50(43)58-47)40-15-8-20-46-48(40)42-14-5-6-19-45(42)57-46/h1-31H. The first-order valence-electron chi connectivity index (χ1n) is 19.4. The van der Waals surface area contributed by atoms with E-state index in [0.29, 0.717) is 17.5 Å². The van der Waals surface area contributed by atoms with E-state index in [0.717, 1.165) is 93.6 Å². The Morgan fingerprint density at radius 2 is 0.793 bits per heavy atom. The van der Waals surface area contributed by atoms with Crippen LogP contribution in [0.25, 0.3) is 122 Å². The molecule has 0 fully saturated rings. The maximum atomic E-state index is 6.80. The third kappa shape index (κ3) is 5.21. The Bertz CT molecular complexity index is 3580. The van der Waals surface area contributed by atoms with E-state index in [2.05, 4.69) is 152 Å². The van der Waals surface area contributed by atoms with Crippen molar-refractivity contribution >= 4 is 65.4 Å². The lowest BCUT2D eigenvalue weighted by atomic mass is 9.97. The molecule has 3 heterocycles. The Labute approximate surface area is 332 Å². The maximum absolute atomic E-state index is 6.80. The number of nitrogens with zero attached hydrogens (tertiary/aromatic N) is 3. The van der Waals surface area contributed by atoms with E-state index < -0.39 is 0 Å². The summed E-state index contributed by atoms with van der Waals surface area (Å²) in [6.45, 7) is 0. The first-order valence-corrected chi connectivity index (χ1v) is 19.4. The lowest BCUT2D eigenvalue weighted by Gasteiger charge is -2.11. The van der Waals surface area contributed by atoms with Gasteiger partial charge in [-0.2, -0.15) is 0 Å². The van der Waals surface area contributed by atoms with Crippen LogP contribution in [0.4, 0.5) is 0 Å². The highest BCUT2D eigenvalue weighted by molar-refractivity contribution is 6.19. The van der Waals surface area contributed by atoms with Crippen molar-refractivity contribution in [1.29, 1.82) is 0 Å². The van der Waals surface area contributed by atoms with Crippen LogP contribution in [0, 0.1) is 0 Å². The van der Waals surface area contributed by atoms with E-state index in [9.17, 15) is 0 Å². The number of benzene rings is 9. The first-order chi connectivity index (χ1) is 28.7. The van der Waals surface area contributed by atoms with Gasteiger partial charge in [-0.3, -0.25) is 0 Å². The maximum Gasteiger partial charge on any atom is 0.164 e. The average molecular weight is 742 g/mol. The van der Waals surface area contributed by atoms with Gasteiger partial charge in [-0.15, -0.1) is 0 Å². The van der Waals surface area contributed by atoms with Gasteiger partial charge in [0.2, 0.25) is 0 Å². The molecule has 0 aliphatic carbocycles. The minimum absolute atomic E-state index is 0.577. The number of rotatable bonds is 5. The molecule has 270 valence electrons. The SMILES string of the molecule is c1ccc2cc(-c3ccc(-c4nc(-c5ccc6ccccc6c5)nc(-c5cccc6oc7c(-c8cccc9oc%10ccccc%10c89)cccc7c56)n4)cc3)ccc2c1. The zero-order valence-corrected chi connectivity index (χ0v) is 31.1. The zero-order chi connectivity index (χ0) is 38.2. The van der Waals surface area contributed by atoms with Crippen LogP contribution in [0.1, 0.15) is 0 Å². The van der Waals surface area contributed by atoms with Gasteiger partial charge in [-0.1, -0.05) is 158 Å². The Hall–Kier alpha value is -7.89. The fourth-order valence-corrected chi connectivity index (χ4v) is 8.51. The van der Waals surface area contributed by atoms with Gasteiger partial charge in [0.15, 0.2) is 17.5 Å². The predicted molar refractivity (Wildman–Crippen MR) is 237 cm³/mol. The largest absolute Gasteiger partial charge is 0.456 e. The average Bonchev–Trinajstić information content (AvgIpc) is 3.88. The van der Waals surface area contributed by atoms with Crippen molar-refractivity contribution in [2.45, 2.75) is 0 Å². The summed E-state index contributed by atoms with van der Waals surface area (Å²) in [4.78, 5) is 15.6. The van der Waals surface area contributed by atoms with E-state index in [1.54, 1.807) is 0 Å². The molecule has 0 unspecified atom stereocenters. The number of aromatic nitrogens is 3. The summed E-state index contributed by atoms with van der Waals surface area (Å²) in [6, 6.07) is 65.1. The van der Waals surface area contributed by atoms with Gasteiger partial charge < -0.3 is 8.83 Å². The number of hydrogen-bond donors (Lipinski definition) is 0. The van der Waals surface area contributed by atoms with Gasteiger partial charge in [0.25, 0.3) is 0 Å². The van der Waals surface area contributed by atoms with Crippen LogP contribution in [0.3, 0.4) is 0 Å². The van der Waals surface area contributed by atoms with Crippen molar-refractivity contribution < 1.29 is 8.83 Å². The highest BCUT2D eigenvalue weighted by atomic mass is 16.3. The fourth-order valence-electron chi connectivity index (χ4n) is 8.51. The molecule has 12 aromatic rings. The third-order valence-corrected chi connectivity index (χ3v) is 11.3. The minimum atomic E-state index is 0.577. The van der Waals surface area contributed by atoms with Gasteiger partial charge in [0.1, 0.15) is 22.3 Å². The van der Waals surface area contributed by atoms with Crippen LogP contribution in [-0.4, -0.2) is 15.0 Å². The summed E-state index contributed by atoms with van der Waals surface area (Å²) in [5.41, 5.74) is 10.3. The Kier molecular flexibility index (Phi) is 7.16. The van der Waals surface area contributed by atoms with Crippen LogP contribution >= 0.6 is 0 Å². The molecule has 0 saturated carbocycles. The molecule has 58 heavy (non-hydrogen) atoms. The summed E-state index contributed by atoms with van der Waals surface area (Å²) < 4.78 is 13.1. The van der Waals surface area contributed by atoms with Crippen molar-refractivity contribution in [3.8, 4) is 56.4 Å². The lowest BCUT2D eigenvalue weighted by molar-refractivity contribution is 0.668. The summed E-state index contributed by atoms with van der Waals surface area (Å²) in [5.74, 6) is 1.78. The number of fused-ring (bicyclic) bond motifs is 8. The van der Waals surface area contributed by atoms with Crippen LogP contribution in [0.5, 0.6) is 0 Å². The highest BCUT2D eigenvalue weighted by Gasteiger charge is 2.21. The van der Waals surface area contributed by atoms with E-state index in [1.165, 1.54) is 10.8 Å². The molecule has 0 aliphatic rings. The van der Waals surface area contributed by atoms with Crippen molar-refractivity contribution in [2.24, 2.45) is 0 Å². The Morgan fingerprint density at radius 3 is 1.57 bits per heavy atom. The molecule has 0 aliphatic heterocycles. The van der Waals surface area contributed by atoms with Crippen molar-refractivity contribution in [1.82, 2.24) is 15.0 Å². The molecule has 0 bridgehead atoms. The molecule has 0 atom stereocenters. The van der Waals surface area contributed by atoms with Crippen LogP contribution in [0.2, 0.25) is 0 Å². The van der Waals surface area contributed by atoms with E-state index in [-0.39, 0.29) is 0 Å². The van der Waals surface area contributed by atoms with Crippen LogP contribution in [-0.2, 0) is 0 Å². The summed E-state index contributed by atoms with van der Waals surface area (Å²) in [5, 5.41) is 8.81. The number of hydrogen-bond acceptors (Lipinski definition) is 5. The van der Waals surface area contributed by atoms with E-state index >= 15 is 0 Å². The second-order valence-corrected chi connectivity index (χ2v) is 14.7. The van der Waals surface area contributed by atoms with Crippen LogP contribution < -0.4 is 0 Å². The zero-order valence-electron chi connectivity index (χ0n) is 31.1. The second-order valence-electron chi connectivity index (χ2n) is 14.7. The van der Waals surface area contributed by atoms with Gasteiger partial charge in [-0.05, 0) is 68.6 Å². The third-order valence-electron chi connectivity index (χ3n) is 11.3. The van der Waals surface area contributed by atoms with Crippen molar-refractivity contribution in [3.05, 3.63) is 188 Å². The molecule has 0 radical (unpaired) electrons. The molecule has 0 spiro atoms. The molecule has 5 heteroatoms. The highest BCUT2D eigenvalue weighted by Crippen LogP contribution is 2.44. The molecular weight excluding hydrogens is 711 g/mol. The van der Waals surface area contributed by atoms with E-state index in [4.69, 9.17) is 23.8 Å². The molecule has 9 aromatic carbocycles. The van der Waals surface area contributed by atoms with Gasteiger partial charge >= 0.3 is 0 Å². The quantitative estimate of drug-likeness (QED) is 0.176. The Morgan fingerprint density at radius 1 is 0.293 bits per heavy atom. The van der Waals surface area contributed by atoms with E-state index in [1.807, 2.05) is 36.4 Å². The first kappa shape index (κ1) is 32.4. The Balaban J connectivity index is 1.04. The van der Waals surface area contributed by atoms with Crippen molar-refractivity contribution in [2.75, 3.05) is 0 Å². The molecule has 0 amide bonds. The molecule has 12 rings (SSSR count). The van der Waals surface area contributed by atoms with Gasteiger partial charge in [0.05, 0.1) is 0 Å². The molecule has 0 N–H and O–H groups in total. The molecular formula is C53H31N3O2. The van der Waals surface area contributed by atoms with Gasteiger partial charge in [0, 0.05) is 43.8 Å². The normalized spacial score (nSPS) is 11.8. The summed E-state index contributed by atoms with van der Waals surface area (Å²) in [6.07, 6.45) is 0. The van der Waals surface area contributed by atoms with Crippen molar-refractivity contribution in [3.63, 3.8) is 0 Å². The smallest absolute Gasteiger partial charge is 0.164 e. The van der Waals surface area contributed by atoms with Gasteiger partial charge in [-0.25, -0.2) is 15.0 Å². The fraction of sp³-hybridized carbons (Fsp3) is 0. The summed E-state index contributed by atoms with van der Waals surface area (Å²) in [7, 11) is 0. The predicted octanol–water partition coefficient (Wildman–Crippen LogP) is 14.3. The molecule has 0 saturated heterocycles.